The summed E-state index contributed by atoms with van der Waals surface area (Å²) in [5.74, 6) is 0. The third kappa shape index (κ3) is 2.52. The molecule has 1 aliphatic heterocycles. The van der Waals surface area contributed by atoms with Crippen molar-refractivity contribution in [2.24, 2.45) is 0 Å². The Morgan fingerprint density at radius 2 is 1.85 bits per heavy atom. The van der Waals surface area contributed by atoms with Gasteiger partial charge in [-0.1, -0.05) is 17.7 Å². The van der Waals surface area contributed by atoms with Crippen LogP contribution in [0.25, 0.3) is 0 Å². The summed E-state index contributed by atoms with van der Waals surface area (Å²) in [5.41, 5.74) is -1.04. The number of benzene rings is 1. The van der Waals surface area contributed by atoms with Gasteiger partial charge in [-0.2, -0.15) is 13.2 Å². The molecule has 132 valence electrons. The molecule has 7 heteroatoms. The summed E-state index contributed by atoms with van der Waals surface area (Å²) in [6.45, 7) is 0. The monoisotopic (exact) mass is 375 g/mol. The van der Waals surface area contributed by atoms with Crippen LogP contribution in [0.5, 0.6) is 0 Å². The molecule has 0 radical (unpaired) electrons. The Kier molecular flexibility index (Phi) is 3.88. The first-order chi connectivity index (χ1) is 12.4. The molecule has 0 saturated heterocycles. The molecule has 1 N–H and O–H groups in total. The topological polar surface area (TPSA) is 37.8 Å². The lowest BCUT2D eigenvalue weighted by Gasteiger charge is -2.42. The van der Waals surface area contributed by atoms with E-state index in [1.54, 1.807) is 30.3 Å². The molecule has 0 bridgehead atoms. The van der Waals surface area contributed by atoms with E-state index in [9.17, 15) is 13.2 Å². The SMILES string of the molecule is FC(F)(F)C1(Cc2ccccn2)c2ccncc2Nc2ccc(Cl)cc21. The zero-order chi connectivity index (χ0) is 18.4. The van der Waals surface area contributed by atoms with E-state index < -0.39 is 11.6 Å². The normalized spacial score (nSPS) is 18.6. The molecule has 0 spiro atoms. The predicted molar refractivity (Wildman–Crippen MR) is 93.7 cm³/mol. The molecule has 1 aromatic carbocycles. The van der Waals surface area contributed by atoms with Crippen LogP contribution in [-0.4, -0.2) is 16.1 Å². The molecule has 4 rings (SSSR count). The van der Waals surface area contributed by atoms with E-state index in [1.165, 1.54) is 30.7 Å². The van der Waals surface area contributed by atoms with E-state index in [1.807, 2.05) is 0 Å². The lowest BCUT2D eigenvalue weighted by molar-refractivity contribution is -0.178. The van der Waals surface area contributed by atoms with Crippen LogP contribution in [0.3, 0.4) is 0 Å². The summed E-state index contributed by atoms with van der Waals surface area (Å²) in [4.78, 5) is 8.10. The minimum absolute atomic E-state index is 0.0850. The number of aromatic nitrogens is 2. The van der Waals surface area contributed by atoms with Crippen molar-refractivity contribution in [3.8, 4) is 0 Å². The number of rotatable bonds is 2. The van der Waals surface area contributed by atoms with Crippen LogP contribution >= 0.6 is 11.6 Å². The van der Waals surface area contributed by atoms with Crippen LogP contribution in [0.2, 0.25) is 5.02 Å². The number of anilines is 2. The molecular formula is C19H13ClF3N3. The highest BCUT2D eigenvalue weighted by molar-refractivity contribution is 6.30. The summed E-state index contributed by atoms with van der Waals surface area (Å²) >= 11 is 6.06. The Bertz CT molecular complexity index is 960. The Morgan fingerprint density at radius 3 is 2.58 bits per heavy atom. The molecule has 0 fully saturated rings. The number of pyridine rings is 2. The minimum atomic E-state index is -4.57. The standard InChI is InChI=1S/C19H13ClF3N3/c20-12-4-5-16-15(9-12)18(19(21,22)23,10-13-3-1-2-7-25-13)14-6-8-24-11-17(14)26-16/h1-9,11,26H,10H2. The van der Waals surface area contributed by atoms with Crippen molar-refractivity contribution >= 4 is 23.0 Å². The van der Waals surface area contributed by atoms with E-state index in [0.717, 1.165) is 0 Å². The number of alkyl halides is 3. The van der Waals surface area contributed by atoms with Crippen molar-refractivity contribution in [2.45, 2.75) is 18.0 Å². The number of hydrogen-bond acceptors (Lipinski definition) is 3. The second-order valence-electron chi connectivity index (χ2n) is 6.14. The molecule has 3 aromatic rings. The zero-order valence-corrected chi connectivity index (χ0v) is 14.1. The van der Waals surface area contributed by atoms with Crippen molar-refractivity contribution in [2.75, 3.05) is 5.32 Å². The van der Waals surface area contributed by atoms with Crippen molar-refractivity contribution in [3.63, 3.8) is 0 Å². The lowest BCUT2D eigenvalue weighted by Crippen LogP contribution is -2.48. The summed E-state index contributed by atoms with van der Waals surface area (Å²) in [5, 5.41) is 3.29. The fourth-order valence-corrected chi connectivity index (χ4v) is 3.68. The first-order valence-corrected chi connectivity index (χ1v) is 8.28. The van der Waals surface area contributed by atoms with E-state index >= 15 is 0 Å². The van der Waals surface area contributed by atoms with Crippen LogP contribution in [0, 0.1) is 0 Å². The first-order valence-electron chi connectivity index (χ1n) is 7.90. The highest BCUT2D eigenvalue weighted by atomic mass is 35.5. The van der Waals surface area contributed by atoms with Gasteiger partial charge in [0.05, 0.1) is 11.9 Å². The van der Waals surface area contributed by atoms with Crippen molar-refractivity contribution in [1.82, 2.24) is 9.97 Å². The molecule has 0 saturated carbocycles. The van der Waals surface area contributed by atoms with Crippen LogP contribution in [0.15, 0.2) is 61.1 Å². The van der Waals surface area contributed by atoms with Crippen LogP contribution < -0.4 is 5.32 Å². The molecule has 3 nitrogen and oxygen atoms in total. The van der Waals surface area contributed by atoms with Crippen LogP contribution in [0.4, 0.5) is 24.5 Å². The van der Waals surface area contributed by atoms with Crippen LogP contribution in [0.1, 0.15) is 16.8 Å². The van der Waals surface area contributed by atoms with Gasteiger partial charge in [0.1, 0.15) is 5.41 Å². The van der Waals surface area contributed by atoms with Gasteiger partial charge in [0.15, 0.2) is 0 Å². The molecule has 3 heterocycles. The second-order valence-corrected chi connectivity index (χ2v) is 6.57. The van der Waals surface area contributed by atoms with Gasteiger partial charge in [-0.05, 0) is 47.5 Å². The van der Waals surface area contributed by atoms with Crippen molar-refractivity contribution in [1.29, 1.82) is 0 Å². The van der Waals surface area contributed by atoms with E-state index in [0.29, 0.717) is 17.1 Å². The predicted octanol–water partition coefficient (Wildman–Crippen LogP) is 5.28. The quantitative estimate of drug-likeness (QED) is 0.662. The van der Waals surface area contributed by atoms with Crippen LogP contribution in [-0.2, 0) is 11.8 Å². The second kappa shape index (κ2) is 5.99. The largest absolute Gasteiger partial charge is 0.402 e. The van der Waals surface area contributed by atoms with Gasteiger partial charge >= 0.3 is 6.18 Å². The number of nitrogens with zero attached hydrogens (tertiary/aromatic N) is 2. The maximum absolute atomic E-state index is 14.7. The van der Waals surface area contributed by atoms with Gasteiger partial charge in [0, 0.05) is 35.2 Å². The minimum Gasteiger partial charge on any atom is -0.354 e. The molecule has 1 aliphatic rings. The third-order valence-electron chi connectivity index (χ3n) is 4.65. The molecule has 1 unspecified atom stereocenters. The van der Waals surface area contributed by atoms with Gasteiger partial charge in [-0.25, -0.2) is 0 Å². The number of fused-ring (bicyclic) bond motifs is 2. The Balaban J connectivity index is 2.05. The average molecular weight is 376 g/mol. The molecule has 2 aromatic heterocycles. The Labute approximate surface area is 152 Å². The highest BCUT2D eigenvalue weighted by Crippen LogP contribution is 2.55. The molecule has 1 atom stereocenters. The lowest BCUT2D eigenvalue weighted by atomic mass is 9.68. The number of nitrogens with one attached hydrogen (secondary N) is 1. The Hall–Kier alpha value is -2.60. The fraction of sp³-hybridized carbons (Fsp3) is 0.158. The summed E-state index contributed by atoms with van der Waals surface area (Å²) in [6.07, 6.45) is -0.626. The maximum atomic E-state index is 14.7. The van der Waals surface area contributed by atoms with E-state index in [4.69, 9.17) is 11.6 Å². The van der Waals surface area contributed by atoms with Gasteiger partial charge in [-0.15, -0.1) is 0 Å². The zero-order valence-electron chi connectivity index (χ0n) is 13.4. The van der Waals surface area contributed by atoms with Crippen molar-refractivity contribution < 1.29 is 13.2 Å². The molecule has 0 amide bonds. The smallest absolute Gasteiger partial charge is 0.354 e. The fourth-order valence-electron chi connectivity index (χ4n) is 3.51. The van der Waals surface area contributed by atoms with Crippen molar-refractivity contribution in [3.05, 3.63) is 82.9 Å². The van der Waals surface area contributed by atoms with E-state index in [2.05, 4.69) is 15.3 Å². The third-order valence-corrected chi connectivity index (χ3v) is 4.88. The summed E-state index contributed by atoms with van der Waals surface area (Å²) in [7, 11) is 0. The maximum Gasteiger partial charge on any atom is 0.402 e. The Morgan fingerprint density at radius 1 is 1.00 bits per heavy atom. The average Bonchev–Trinajstić information content (AvgIpc) is 2.62. The van der Waals surface area contributed by atoms with Gasteiger partial charge in [0.25, 0.3) is 0 Å². The molecular weight excluding hydrogens is 363 g/mol. The van der Waals surface area contributed by atoms with Gasteiger partial charge in [0.2, 0.25) is 0 Å². The molecule has 0 aliphatic carbocycles. The summed E-state index contributed by atoms with van der Waals surface area (Å²) in [6, 6.07) is 10.9. The molecule has 26 heavy (non-hydrogen) atoms. The summed E-state index contributed by atoms with van der Waals surface area (Å²) < 4.78 is 44.0. The number of halogens is 4. The number of hydrogen-bond donors (Lipinski definition) is 1. The van der Waals surface area contributed by atoms with Gasteiger partial charge < -0.3 is 5.32 Å². The highest BCUT2D eigenvalue weighted by Gasteiger charge is 2.60. The first kappa shape index (κ1) is 16.8. The van der Waals surface area contributed by atoms with Gasteiger partial charge in [-0.3, -0.25) is 9.97 Å². The van der Waals surface area contributed by atoms with E-state index in [-0.39, 0.29) is 22.6 Å².